The Morgan fingerprint density at radius 2 is 1.91 bits per heavy atom. The van der Waals surface area contributed by atoms with Crippen molar-refractivity contribution in [1.82, 2.24) is 19.8 Å². The Bertz CT molecular complexity index is 540. The molecule has 0 unspecified atom stereocenters. The van der Waals surface area contributed by atoms with Crippen molar-refractivity contribution >= 4 is 11.8 Å². The number of amides is 2. The first-order valence-corrected chi connectivity index (χ1v) is 7.98. The van der Waals surface area contributed by atoms with Gasteiger partial charge in [0.1, 0.15) is 6.04 Å². The van der Waals surface area contributed by atoms with E-state index < -0.39 is 0 Å². The molecule has 2 saturated heterocycles. The van der Waals surface area contributed by atoms with Gasteiger partial charge in [-0.05, 0) is 25.7 Å². The highest BCUT2D eigenvalue weighted by atomic mass is 16.2. The van der Waals surface area contributed by atoms with Gasteiger partial charge in [-0.3, -0.25) is 19.6 Å². The van der Waals surface area contributed by atoms with E-state index >= 15 is 0 Å². The van der Waals surface area contributed by atoms with Gasteiger partial charge in [-0.2, -0.15) is 0 Å². The summed E-state index contributed by atoms with van der Waals surface area (Å²) in [5.41, 5.74) is 1.01. The van der Waals surface area contributed by atoms with E-state index in [0.717, 1.165) is 44.5 Å². The molecule has 2 amide bonds. The molecule has 0 radical (unpaired) electrons. The van der Waals surface area contributed by atoms with Crippen LogP contribution in [0.3, 0.4) is 0 Å². The van der Waals surface area contributed by atoms with Gasteiger partial charge in [0, 0.05) is 51.1 Å². The van der Waals surface area contributed by atoms with Crippen LogP contribution < -0.4 is 0 Å². The maximum Gasteiger partial charge on any atom is 0.245 e. The quantitative estimate of drug-likeness (QED) is 0.823. The zero-order valence-electron chi connectivity index (χ0n) is 12.9. The van der Waals surface area contributed by atoms with Crippen LogP contribution in [-0.2, 0) is 9.59 Å². The Balaban J connectivity index is 1.59. The van der Waals surface area contributed by atoms with Crippen molar-refractivity contribution < 1.29 is 9.59 Å². The van der Waals surface area contributed by atoms with E-state index in [1.165, 1.54) is 0 Å². The molecule has 6 heteroatoms. The standard InChI is InChI=1S/C16H22N4O2/c1-12(21)20-8-2-3-15(20)16(22)19-9-4-13(5-10-19)14-11-17-6-7-18-14/h6-7,11,13,15H,2-5,8-10H2,1H3/t15-/m1/s1. The van der Waals surface area contributed by atoms with Gasteiger partial charge in [0.05, 0.1) is 5.69 Å². The molecule has 2 aliphatic rings. The van der Waals surface area contributed by atoms with Crippen molar-refractivity contribution in [3.8, 4) is 0 Å². The highest BCUT2D eigenvalue weighted by molar-refractivity contribution is 5.87. The van der Waals surface area contributed by atoms with Crippen LogP contribution in [0.4, 0.5) is 0 Å². The molecule has 1 aromatic rings. The number of piperidine rings is 1. The molecule has 22 heavy (non-hydrogen) atoms. The molecule has 2 aliphatic heterocycles. The van der Waals surface area contributed by atoms with Gasteiger partial charge in [-0.25, -0.2) is 0 Å². The SMILES string of the molecule is CC(=O)N1CCC[C@@H]1C(=O)N1CCC(c2cnccn2)CC1. The fourth-order valence-corrected chi connectivity index (χ4v) is 3.53. The molecule has 0 bridgehead atoms. The first kappa shape index (κ1) is 14.9. The number of aromatic nitrogens is 2. The lowest BCUT2D eigenvalue weighted by atomic mass is 9.93. The fraction of sp³-hybridized carbons (Fsp3) is 0.625. The van der Waals surface area contributed by atoms with Gasteiger partial charge in [0.2, 0.25) is 11.8 Å². The fourth-order valence-electron chi connectivity index (χ4n) is 3.53. The molecule has 6 nitrogen and oxygen atoms in total. The number of hydrogen-bond acceptors (Lipinski definition) is 4. The zero-order valence-corrected chi connectivity index (χ0v) is 12.9. The molecular weight excluding hydrogens is 280 g/mol. The number of likely N-dealkylation sites (tertiary alicyclic amines) is 2. The van der Waals surface area contributed by atoms with Crippen LogP contribution in [0.1, 0.15) is 44.2 Å². The number of hydrogen-bond donors (Lipinski definition) is 0. The Morgan fingerprint density at radius 3 is 2.55 bits per heavy atom. The molecule has 0 aliphatic carbocycles. The topological polar surface area (TPSA) is 66.4 Å². The van der Waals surface area contributed by atoms with E-state index in [1.807, 2.05) is 11.1 Å². The molecule has 3 heterocycles. The van der Waals surface area contributed by atoms with Gasteiger partial charge in [0.15, 0.2) is 0 Å². The molecule has 0 aromatic carbocycles. The highest BCUT2D eigenvalue weighted by Crippen LogP contribution is 2.28. The highest BCUT2D eigenvalue weighted by Gasteiger charge is 2.36. The van der Waals surface area contributed by atoms with Crippen LogP contribution >= 0.6 is 0 Å². The van der Waals surface area contributed by atoms with E-state index in [0.29, 0.717) is 12.5 Å². The van der Waals surface area contributed by atoms with Gasteiger partial charge in [-0.1, -0.05) is 0 Å². The van der Waals surface area contributed by atoms with Crippen LogP contribution in [0.2, 0.25) is 0 Å². The minimum atomic E-state index is -0.245. The summed E-state index contributed by atoms with van der Waals surface area (Å²) in [7, 11) is 0. The molecule has 0 saturated carbocycles. The van der Waals surface area contributed by atoms with Crippen molar-refractivity contribution in [2.75, 3.05) is 19.6 Å². The third-order valence-corrected chi connectivity index (χ3v) is 4.75. The van der Waals surface area contributed by atoms with E-state index in [2.05, 4.69) is 9.97 Å². The molecule has 0 N–H and O–H groups in total. The van der Waals surface area contributed by atoms with Crippen LogP contribution in [-0.4, -0.2) is 57.3 Å². The average molecular weight is 302 g/mol. The molecule has 1 aromatic heterocycles. The summed E-state index contributed by atoms with van der Waals surface area (Å²) < 4.78 is 0. The maximum absolute atomic E-state index is 12.7. The summed E-state index contributed by atoms with van der Waals surface area (Å²) in [5, 5.41) is 0. The largest absolute Gasteiger partial charge is 0.341 e. The second-order valence-corrected chi connectivity index (χ2v) is 6.10. The second-order valence-electron chi connectivity index (χ2n) is 6.10. The van der Waals surface area contributed by atoms with Crippen LogP contribution in [0, 0.1) is 0 Å². The molecular formula is C16H22N4O2. The summed E-state index contributed by atoms with van der Waals surface area (Å²) in [6.45, 7) is 3.73. The summed E-state index contributed by atoms with van der Waals surface area (Å²) in [5.74, 6) is 0.501. The van der Waals surface area contributed by atoms with Crippen molar-refractivity contribution in [1.29, 1.82) is 0 Å². The normalized spacial score (nSPS) is 22.9. The van der Waals surface area contributed by atoms with Crippen molar-refractivity contribution in [3.05, 3.63) is 24.3 Å². The molecule has 2 fully saturated rings. The Morgan fingerprint density at radius 1 is 1.14 bits per heavy atom. The average Bonchev–Trinajstić information content (AvgIpc) is 3.05. The van der Waals surface area contributed by atoms with Crippen LogP contribution in [0.15, 0.2) is 18.6 Å². The number of carbonyl (C=O) groups excluding carboxylic acids is 2. The van der Waals surface area contributed by atoms with Crippen molar-refractivity contribution in [3.63, 3.8) is 0 Å². The first-order chi connectivity index (χ1) is 10.7. The van der Waals surface area contributed by atoms with Crippen LogP contribution in [0.25, 0.3) is 0 Å². The predicted octanol–water partition coefficient (Wildman–Crippen LogP) is 1.19. The minimum Gasteiger partial charge on any atom is -0.341 e. The summed E-state index contributed by atoms with van der Waals surface area (Å²) in [4.78, 5) is 36.4. The predicted molar refractivity (Wildman–Crippen MR) is 81.0 cm³/mol. The zero-order chi connectivity index (χ0) is 15.5. The van der Waals surface area contributed by atoms with E-state index in [9.17, 15) is 9.59 Å². The second kappa shape index (κ2) is 6.42. The van der Waals surface area contributed by atoms with Gasteiger partial charge in [-0.15, -0.1) is 0 Å². The van der Waals surface area contributed by atoms with Crippen molar-refractivity contribution in [2.45, 2.75) is 44.6 Å². The Labute approximate surface area is 130 Å². The van der Waals surface area contributed by atoms with E-state index in [4.69, 9.17) is 0 Å². The summed E-state index contributed by atoms with van der Waals surface area (Å²) in [6.07, 6.45) is 8.76. The molecule has 1 atom stereocenters. The monoisotopic (exact) mass is 302 g/mol. The number of rotatable bonds is 2. The molecule has 118 valence electrons. The van der Waals surface area contributed by atoms with Gasteiger partial charge < -0.3 is 9.80 Å². The molecule has 3 rings (SSSR count). The third-order valence-electron chi connectivity index (χ3n) is 4.75. The Kier molecular flexibility index (Phi) is 4.36. The number of carbonyl (C=O) groups is 2. The number of nitrogens with zero attached hydrogens (tertiary/aromatic N) is 4. The minimum absolute atomic E-state index is 0.00490. The summed E-state index contributed by atoms with van der Waals surface area (Å²) >= 11 is 0. The van der Waals surface area contributed by atoms with Gasteiger partial charge >= 0.3 is 0 Å². The Hall–Kier alpha value is -1.98. The van der Waals surface area contributed by atoms with E-state index in [-0.39, 0.29) is 17.9 Å². The molecule has 0 spiro atoms. The maximum atomic E-state index is 12.7. The van der Waals surface area contributed by atoms with Crippen LogP contribution in [0.5, 0.6) is 0 Å². The van der Waals surface area contributed by atoms with Crippen molar-refractivity contribution in [2.24, 2.45) is 0 Å². The third kappa shape index (κ3) is 2.96. The smallest absolute Gasteiger partial charge is 0.245 e. The first-order valence-electron chi connectivity index (χ1n) is 7.98. The lowest BCUT2D eigenvalue weighted by Gasteiger charge is -2.35. The lowest BCUT2D eigenvalue weighted by Crippen LogP contribution is -2.49. The lowest BCUT2D eigenvalue weighted by molar-refractivity contribution is -0.143. The van der Waals surface area contributed by atoms with Gasteiger partial charge in [0.25, 0.3) is 0 Å². The van der Waals surface area contributed by atoms with E-state index in [1.54, 1.807) is 24.2 Å². The summed E-state index contributed by atoms with van der Waals surface area (Å²) in [6, 6.07) is -0.245.